The van der Waals surface area contributed by atoms with Crippen LogP contribution in [0.4, 0.5) is 4.79 Å². The van der Waals surface area contributed by atoms with Gasteiger partial charge in [0, 0.05) is 6.04 Å². The van der Waals surface area contributed by atoms with E-state index in [9.17, 15) is 4.79 Å². The average Bonchev–Trinajstić information content (AvgIpc) is 2.50. The van der Waals surface area contributed by atoms with Crippen molar-refractivity contribution in [2.24, 2.45) is 5.73 Å². The molecule has 1 heterocycles. The number of hydrogen-bond acceptors (Lipinski definition) is 4. The summed E-state index contributed by atoms with van der Waals surface area (Å²) in [5, 5.41) is 0. The fraction of sp³-hybridized carbons (Fsp3) is 0.923. The smallest absolute Gasteiger partial charge is 0.412 e. The van der Waals surface area contributed by atoms with E-state index in [0.717, 1.165) is 6.42 Å². The molecule has 1 amide bonds. The van der Waals surface area contributed by atoms with E-state index in [-0.39, 0.29) is 18.2 Å². The average molecular weight is 258 g/mol. The summed E-state index contributed by atoms with van der Waals surface area (Å²) >= 11 is 0. The van der Waals surface area contributed by atoms with E-state index in [4.69, 9.17) is 15.2 Å². The van der Waals surface area contributed by atoms with Crippen LogP contribution in [0.1, 0.15) is 48.0 Å². The molecule has 1 aliphatic heterocycles. The van der Waals surface area contributed by atoms with E-state index in [0.29, 0.717) is 6.61 Å². The molecule has 1 rings (SSSR count). The maximum atomic E-state index is 12.3. The normalized spacial score (nSPS) is 25.1. The van der Waals surface area contributed by atoms with Gasteiger partial charge in [-0.05, 0) is 41.0 Å². The zero-order valence-electron chi connectivity index (χ0n) is 12.3. The summed E-state index contributed by atoms with van der Waals surface area (Å²) in [6.07, 6.45) is 0.433. The van der Waals surface area contributed by atoms with Gasteiger partial charge < -0.3 is 15.2 Å². The molecule has 0 spiro atoms. The van der Waals surface area contributed by atoms with Crippen molar-refractivity contribution in [1.29, 1.82) is 0 Å². The first-order chi connectivity index (χ1) is 8.08. The van der Waals surface area contributed by atoms with Gasteiger partial charge in [-0.15, -0.1) is 0 Å². The third kappa shape index (κ3) is 3.36. The Kier molecular flexibility index (Phi) is 4.28. The van der Waals surface area contributed by atoms with Crippen LogP contribution in [-0.4, -0.2) is 41.0 Å². The van der Waals surface area contributed by atoms with Crippen LogP contribution in [-0.2, 0) is 9.47 Å². The second-order valence-electron chi connectivity index (χ2n) is 6.25. The number of amides is 1. The summed E-state index contributed by atoms with van der Waals surface area (Å²) in [5.74, 6) is 0. The lowest BCUT2D eigenvalue weighted by atomic mass is 10.1. The minimum absolute atomic E-state index is 0.0979. The van der Waals surface area contributed by atoms with Crippen LogP contribution >= 0.6 is 0 Å². The molecule has 0 bridgehead atoms. The van der Waals surface area contributed by atoms with E-state index < -0.39 is 11.3 Å². The predicted molar refractivity (Wildman–Crippen MR) is 70.2 cm³/mol. The molecule has 1 saturated heterocycles. The Hall–Kier alpha value is -0.810. The minimum Gasteiger partial charge on any atom is -0.444 e. The number of carbonyl (C=O) groups excluding carboxylic acids is 1. The van der Waals surface area contributed by atoms with Crippen molar-refractivity contribution >= 4 is 6.09 Å². The van der Waals surface area contributed by atoms with Gasteiger partial charge in [0.15, 0.2) is 0 Å². The zero-order chi connectivity index (χ0) is 14.1. The second kappa shape index (κ2) is 5.05. The largest absolute Gasteiger partial charge is 0.444 e. The summed E-state index contributed by atoms with van der Waals surface area (Å²) in [7, 11) is 0. The number of ether oxygens (including phenoxy) is 2. The van der Waals surface area contributed by atoms with Gasteiger partial charge in [0.05, 0.1) is 12.6 Å². The topological polar surface area (TPSA) is 64.8 Å². The van der Waals surface area contributed by atoms with Gasteiger partial charge in [-0.2, -0.15) is 0 Å². The summed E-state index contributed by atoms with van der Waals surface area (Å²) < 4.78 is 11.1. The number of rotatable bonds is 2. The molecule has 0 aromatic rings. The Morgan fingerprint density at radius 1 is 1.56 bits per heavy atom. The molecule has 0 aromatic carbocycles. The molecule has 0 radical (unpaired) electrons. The molecule has 1 aliphatic rings. The van der Waals surface area contributed by atoms with Crippen molar-refractivity contribution in [3.8, 4) is 0 Å². The molecular weight excluding hydrogens is 232 g/mol. The van der Waals surface area contributed by atoms with E-state index >= 15 is 0 Å². The Labute approximate surface area is 110 Å². The number of hydrogen-bond donors (Lipinski definition) is 1. The van der Waals surface area contributed by atoms with Crippen molar-refractivity contribution in [3.63, 3.8) is 0 Å². The van der Waals surface area contributed by atoms with Gasteiger partial charge in [-0.3, -0.25) is 4.90 Å². The summed E-state index contributed by atoms with van der Waals surface area (Å²) in [6.45, 7) is 11.7. The van der Waals surface area contributed by atoms with Crippen molar-refractivity contribution in [1.82, 2.24) is 4.90 Å². The van der Waals surface area contributed by atoms with E-state index in [1.54, 1.807) is 4.90 Å². The zero-order valence-corrected chi connectivity index (χ0v) is 12.3. The first-order valence-electron chi connectivity index (χ1n) is 6.50. The van der Waals surface area contributed by atoms with Gasteiger partial charge in [0.1, 0.15) is 11.3 Å². The maximum absolute atomic E-state index is 12.3. The second-order valence-corrected chi connectivity index (χ2v) is 6.25. The monoisotopic (exact) mass is 258 g/mol. The Balaban J connectivity index is 2.88. The van der Waals surface area contributed by atoms with Crippen LogP contribution in [0.3, 0.4) is 0 Å². The third-order valence-electron chi connectivity index (χ3n) is 3.07. The van der Waals surface area contributed by atoms with Crippen LogP contribution in [0.25, 0.3) is 0 Å². The number of nitrogens with two attached hydrogens (primary N) is 1. The van der Waals surface area contributed by atoms with Crippen LogP contribution in [0, 0.1) is 0 Å². The highest BCUT2D eigenvalue weighted by Crippen LogP contribution is 2.30. The molecule has 0 unspecified atom stereocenters. The van der Waals surface area contributed by atoms with Crippen molar-refractivity contribution < 1.29 is 14.3 Å². The van der Waals surface area contributed by atoms with Crippen molar-refractivity contribution in [2.75, 3.05) is 6.61 Å². The lowest BCUT2D eigenvalue weighted by Gasteiger charge is -2.36. The molecule has 1 fully saturated rings. The lowest BCUT2D eigenvalue weighted by molar-refractivity contribution is -0.0632. The number of nitrogens with zero attached hydrogens (tertiary/aromatic N) is 1. The van der Waals surface area contributed by atoms with Crippen molar-refractivity contribution in [3.05, 3.63) is 0 Å². The first kappa shape index (κ1) is 15.2. The SMILES string of the molecule is CC[C@H](N)[C@H]1COC(C)(C)N1C(=O)OC(C)(C)C. The Bertz CT molecular complexity index is 310. The van der Waals surface area contributed by atoms with Crippen LogP contribution in [0.15, 0.2) is 0 Å². The van der Waals surface area contributed by atoms with E-state index in [1.165, 1.54) is 0 Å². The van der Waals surface area contributed by atoms with E-state index in [2.05, 4.69) is 0 Å². The fourth-order valence-electron chi connectivity index (χ4n) is 2.09. The molecule has 0 aliphatic carbocycles. The molecule has 2 atom stereocenters. The van der Waals surface area contributed by atoms with Crippen LogP contribution in [0.5, 0.6) is 0 Å². The summed E-state index contributed by atoms with van der Waals surface area (Å²) in [4.78, 5) is 13.9. The molecule has 5 heteroatoms. The van der Waals surface area contributed by atoms with E-state index in [1.807, 2.05) is 41.5 Å². The summed E-state index contributed by atoms with van der Waals surface area (Å²) in [5.41, 5.74) is 4.88. The Morgan fingerprint density at radius 3 is 2.56 bits per heavy atom. The summed E-state index contributed by atoms with van der Waals surface area (Å²) in [6, 6.07) is -0.223. The maximum Gasteiger partial charge on any atom is 0.412 e. The van der Waals surface area contributed by atoms with Gasteiger partial charge in [0.2, 0.25) is 0 Å². The number of carbonyl (C=O) groups is 1. The third-order valence-corrected chi connectivity index (χ3v) is 3.07. The molecule has 18 heavy (non-hydrogen) atoms. The predicted octanol–water partition coefficient (Wildman–Crippen LogP) is 2.10. The molecule has 106 valence electrons. The molecule has 5 nitrogen and oxygen atoms in total. The highest BCUT2D eigenvalue weighted by molar-refractivity contribution is 5.70. The van der Waals surface area contributed by atoms with Crippen LogP contribution in [0.2, 0.25) is 0 Å². The standard InChI is InChI=1S/C13H26N2O3/c1-7-9(14)10-8-17-13(5,6)15(10)11(16)18-12(2,3)4/h9-10H,7-8,14H2,1-6H3/t9-,10+/m0/s1. The molecular formula is C13H26N2O3. The molecule has 0 saturated carbocycles. The van der Waals surface area contributed by atoms with Gasteiger partial charge in [-0.25, -0.2) is 4.79 Å². The first-order valence-corrected chi connectivity index (χ1v) is 6.50. The lowest BCUT2D eigenvalue weighted by Crippen LogP contribution is -2.55. The van der Waals surface area contributed by atoms with Gasteiger partial charge in [-0.1, -0.05) is 6.92 Å². The quantitative estimate of drug-likeness (QED) is 0.823. The molecule has 0 aromatic heterocycles. The highest BCUT2D eigenvalue weighted by atomic mass is 16.6. The van der Waals surface area contributed by atoms with Gasteiger partial charge >= 0.3 is 6.09 Å². The minimum atomic E-state index is -0.667. The fourth-order valence-corrected chi connectivity index (χ4v) is 2.09. The van der Waals surface area contributed by atoms with Crippen LogP contribution < -0.4 is 5.73 Å². The highest BCUT2D eigenvalue weighted by Gasteiger charge is 2.47. The Morgan fingerprint density at radius 2 is 2.11 bits per heavy atom. The van der Waals surface area contributed by atoms with Gasteiger partial charge in [0.25, 0.3) is 0 Å². The van der Waals surface area contributed by atoms with Crippen molar-refractivity contribution in [2.45, 2.75) is 71.4 Å². The molecule has 2 N–H and O–H groups in total.